The molecule has 1 heteroatoms. The van der Waals surface area contributed by atoms with Crippen molar-refractivity contribution in [3.63, 3.8) is 0 Å². The molecule has 0 aliphatic heterocycles. The van der Waals surface area contributed by atoms with Crippen LogP contribution in [0.1, 0.15) is 26.7 Å². The van der Waals surface area contributed by atoms with Crippen molar-refractivity contribution in [1.29, 1.82) is 0 Å². The molecule has 0 aromatic rings. The van der Waals surface area contributed by atoms with Gasteiger partial charge in [-0.25, -0.2) is 0 Å². The van der Waals surface area contributed by atoms with E-state index in [1.165, 1.54) is 0 Å². The van der Waals surface area contributed by atoms with Crippen LogP contribution in [0.4, 0.5) is 0 Å². The van der Waals surface area contributed by atoms with E-state index in [-0.39, 0.29) is 5.92 Å². The molecule has 0 fully saturated rings. The van der Waals surface area contributed by atoms with Gasteiger partial charge in [0.25, 0.3) is 0 Å². The van der Waals surface area contributed by atoms with Crippen molar-refractivity contribution in [2.75, 3.05) is 0 Å². The van der Waals surface area contributed by atoms with Crippen molar-refractivity contribution in [3.05, 3.63) is 6.92 Å². The molecule has 8 heavy (non-hydrogen) atoms. The van der Waals surface area contributed by atoms with E-state index in [1.807, 2.05) is 13.8 Å². The van der Waals surface area contributed by atoms with E-state index >= 15 is 0 Å². The van der Waals surface area contributed by atoms with Crippen LogP contribution < -0.4 is 0 Å². The molecule has 0 saturated carbocycles. The first-order valence-electron chi connectivity index (χ1n) is 3.01. The third kappa shape index (κ3) is 3.85. The summed E-state index contributed by atoms with van der Waals surface area (Å²) in [6, 6.07) is 0. The van der Waals surface area contributed by atoms with Crippen molar-refractivity contribution in [2.45, 2.75) is 26.7 Å². The first-order valence-corrected chi connectivity index (χ1v) is 3.01. The van der Waals surface area contributed by atoms with Crippen molar-refractivity contribution in [2.24, 2.45) is 5.92 Å². The second-order valence-electron chi connectivity index (χ2n) is 2.20. The molecule has 0 N–H and O–H groups in total. The van der Waals surface area contributed by atoms with Crippen LogP contribution in [0.2, 0.25) is 0 Å². The summed E-state index contributed by atoms with van der Waals surface area (Å²) in [4.78, 5) is 10.6. The Bertz CT molecular complexity index is 74.5. The Morgan fingerprint density at radius 3 is 2.38 bits per heavy atom. The second kappa shape index (κ2) is 3.65. The van der Waals surface area contributed by atoms with E-state index < -0.39 is 0 Å². The summed E-state index contributed by atoms with van der Waals surface area (Å²) in [5.41, 5.74) is 0. The maximum absolute atomic E-state index is 10.6. The molecular weight excluding hydrogens is 100 g/mol. The lowest BCUT2D eigenvalue weighted by atomic mass is 10.1. The van der Waals surface area contributed by atoms with Gasteiger partial charge in [0, 0.05) is 12.8 Å². The van der Waals surface area contributed by atoms with Crippen LogP contribution in [0.3, 0.4) is 0 Å². The Balaban J connectivity index is 3.25. The molecule has 1 radical (unpaired) electrons. The molecular formula is C7H13O. The van der Waals surface area contributed by atoms with Crippen LogP contribution in [-0.2, 0) is 4.79 Å². The van der Waals surface area contributed by atoms with Crippen molar-refractivity contribution in [3.8, 4) is 0 Å². The molecule has 0 aromatic carbocycles. The highest BCUT2D eigenvalue weighted by Crippen LogP contribution is 2.00. The normalized spacial score (nSPS) is 10.0. The van der Waals surface area contributed by atoms with Gasteiger partial charge in [-0.15, -0.1) is 0 Å². The lowest BCUT2D eigenvalue weighted by molar-refractivity contribution is -0.119. The van der Waals surface area contributed by atoms with Crippen LogP contribution in [0.5, 0.6) is 0 Å². The Morgan fingerprint density at radius 1 is 1.75 bits per heavy atom. The summed E-state index contributed by atoms with van der Waals surface area (Å²) in [7, 11) is 0. The molecule has 0 spiro atoms. The van der Waals surface area contributed by atoms with Crippen LogP contribution in [0.25, 0.3) is 0 Å². The molecule has 0 amide bonds. The van der Waals surface area contributed by atoms with E-state index in [0.717, 1.165) is 0 Å². The van der Waals surface area contributed by atoms with Crippen LogP contribution in [0, 0.1) is 12.8 Å². The molecule has 0 rings (SSSR count). The quantitative estimate of drug-likeness (QED) is 0.545. The maximum Gasteiger partial charge on any atom is 0.132 e. The van der Waals surface area contributed by atoms with Gasteiger partial charge in [0.2, 0.25) is 0 Å². The molecule has 0 aromatic heterocycles. The molecule has 0 aliphatic rings. The van der Waals surface area contributed by atoms with E-state index in [9.17, 15) is 4.79 Å². The average Bonchev–Trinajstić information content (AvgIpc) is 1.65. The molecule has 1 unspecified atom stereocenters. The number of hydrogen-bond donors (Lipinski definition) is 0. The molecule has 1 atom stereocenters. The molecule has 0 heterocycles. The lowest BCUT2D eigenvalue weighted by Crippen LogP contribution is -1.99. The van der Waals surface area contributed by atoms with Gasteiger partial charge >= 0.3 is 0 Å². The predicted octanol–water partition coefficient (Wildman–Crippen LogP) is 1.83. The highest BCUT2D eigenvalue weighted by atomic mass is 16.1. The Labute approximate surface area is 51.1 Å². The third-order valence-electron chi connectivity index (χ3n) is 0.970. The van der Waals surface area contributed by atoms with Gasteiger partial charge < -0.3 is 0 Å². The fourth-order valence-electron chi connectivity index (χ4n) is 0.533. The standard InChI is InChI=1S/C7H13O/c1-4-7(8)5-6(2)3/h6H,2,4-5H2,1,3H3. The topological polar surface area (TPSA) is 17.1 Å². The summed E-state index contributed by atoms with van der Waals surface area (Å²) >= 11 is 0. The molecule has 0 saturated heterocycles. The highest BCUT2D eigenvalue weighted by molar-refractivity contribution is 5.78. The average molecular weight is 113 g/mol. The monoisotopic (exact) mass is 113 g/mol. The highest BCUT2D eigenvalue weighted by Gasteiger charge is 1.99. The summed E-state index contributed by atoms with van der Waals surface area (Å²) in [5, 5.41) is 0. The number of hydrogen-bond acceptors (Lipinski definition) is 1. The largest absolute Gasteiger partial charge is 0.300 e. The zero-order valence-corrected chi connectivity index (χ0v) is 5.61. The Hall–Kier alpha value is -0.330. The number of carbonyl (C=O) groups excluding carboxylic acids is 1. The first-order chi connectivity index (χ1) is 3.66. The molecule has 47 valence electrons. The van der Waals surface area contributed by atoms with Crippen molar-refractivity contribution in [1.82, 2.24) is 0 Å². The summed E-state index contributed by atoms with van der Waals surface area (Å²) in [6.45, 7) is 7.54. The van der Waals surface area contributed by atoms with E-state index in [2.05, 4.69) is 6.92 Å². The molecule has 0 bridgehead atoms. The SMILES string of the molecule is [CH2]C(C)CC(=O)CC. The zero-order chi connectivity index (χ0) is 6.57. The van der Waals surface area contributed by atoms with Crippen LogP contribution in [-0.4, -0.2) is 5.78 Å². The summed E-state index contributed by atoms with van der Waals surface area (Å²) < 4.78 is 0. The maximum atomic E-state index is 10.6. The van der Waals surface area contributed by atoms with Crippen LogP contribution in [0.15, 0.2) is 0 Å². The van der Waals surface area contributed by atoms with Crippen molar-refractivity contribution < 1.29 is 4.79 Å². The van der Waals surface area contributed by atoms with Gasteiger partial charge in [-0.3, -0.25) is 4.79 Å². The van der Waals surface area contributed by atoms with Gasteiger partial charge in [-0.05, 0) is 5.92 Å². The minimum atomic E-state index is 0.280. The Kier molecular flexibility index (Phi) is 3.49. The number of Topliss-reactive ketones (excluding diaryl/α,β-unsaturated/α-hetero) is 1. The lowest BCUT2D eigenvalue weighted by Gasteiger charge is -1.98. The molecule has 1 nitrogen and oxygen atoms in total. The Morgan fingerprint density at radius 2 is 2.25 bits per heavy atom. The van der Waals surface area contributed by atoms with E-state index in [4.69, 9.17) is 0 Å². The van der Waals surface area contributed by atoms with Gasteiger partial charge in [0.05, 0.1) is 0 Å². The number of rotatable bonds is 3. The van der Waals surface area contributed by atoms with Crippen molar-refractivity contribution >= 4 is 5.78 Å². The number of carbonyl (C=O) groups is 1. The minimum Gasteiger partial charge on any atom is -0.300 e. The smallest absolute Gasteiger partial charge is 0.132 e. The molecule has 0 aliphatic carbocycles. The van der Waals surface area contributed by atoms with Gasteiger partial charge in [0.1, 0.15) is 5.78 Å². The zero-order valence-electron chi connectivity index (χ0n) is 5.61. The number of ketones is 1. The third-order valence-corrected chi connectivity index (χ3v) is 0.970. The predicted molar refractivity (Wildman–Crippen MR) is 34.4 cm³/mol. The minimum absolute atomic E-state index is 0.280. The van der Waals surface area contributed by atoms with Crippen LogP contribution >= 0.6 is 0 Å². The fourth-order valence-corrected chi connectivity index (χ4v) is 0.533. The van der Waals surface area contributed by atoms with Gasteiger partial charge in [-0.2, -0.15) is 0 Å². The first kappa shape index (κ1) is 7.67. The second-order valence-corrected chi connectivity index (χ2v) is 2.20. The van der Waals surface area contributed by atoms with Gasteiger partial charge in [-0.1, -0.05) is 20.8 Å². The van der Waals surface area contributed by atoms with E-state index in [0.29, 0.717) is 18.6 Å². The van der Waals surface area contributed by atoms with Gasteiger partial charge in [0.15, 0.2) is 0 Å². The summed E-state index contributed by atoms with van der Waals surface area (Å²) in [6.07, 6.45) is 1.29. The fraction of sp³-hybridized carbons (Fsp3) is 0.714. The summed E-state index contributed by atoms with van der Waals surface area (Å²) in [5.74, 6) is 0.593. The van der Waals surface area contributed by atoms with E-state index in [1.54, 1.807) is 0 Å².